The minimum Gasteiger partial charge on any atom is -0.338 e. The summed E-state index contributed by atoms with van der Waals surface area (Å²) in [7, 11) is -2.93. The second-order valence-corrected chi connectivity index (χ2v) is 9.00. The maximum atomic E-state index is 12.8. The van der Waals surface area contributed by atoms with Gasteiger partial charge in [-0.25, -0.2) is 8.42 Å². The quantitative estimate of drug-likeness (QED) is 0.800. The van der Waals surface area contributed by atoms with E-state index in [0.29, 0.717) is 18.9 Å². The van der Waals surface area contributed by atoms with Gasteiger partial charge in [0.1, 0.15) is 0 Å². The molecule has 0 bridgehead atoms. The Kier molecular flexibility index (Phi) is 5.10. The molecular formula is C15H27NO3S. The third-order valence-electron chi connectivity index (χ3n) is 4.45. The van der Waals surface area contributed by atoms with Crippen LogP contribution in [-0.2, 0) is 14.6 Å². The molecule has 0 aromatic heterocycles. The summed E-state index contributed by atoms with van der Waals surface area (Å²) in [6.45, 7) is 4.87. The van der Waals surface area contributed by atoms with Crippen molar-refractivity contribution in [1.82, 2.24) is 4.90 Å². The van der Waals surface area contributed by atoms with Gasteiger partial charge in [0.05, 0.1) is 11.5 Å². The number of sulfone groups is 1. The van der Waals surface area contributed by atoms with Crippen LogP contribution in [0.1, 0.15) is 52.4 Å². The lowest BCUT2D eigenvalue weighted by Gasteiger charge is -2.34. The summed E-state index contributed by atoms with van der Waals surface area (Å²) in [5, 5.41) is 0. The van der Waals surface area contributed by atoms with E-state index < -0.39 is 9.84 Å². The van der Waals surface area contributed by atoms with E-state index in [9.17, 15) is 13.2 Å². The molecule has 0 unspecified atom stereocenters. The fraction of sp³-hybridized carbons (Fsp3) is 0.933. The van der Waals surface area contributed by atoms with Crippen molar-refractivity contribution < 1.29 is 13.2 Å². The van der Waals surface area contributed by atoms with Gasteiger partial charge in [-0.1, -0.05) is 33.1 Å². The van der Waals surface area contributed by atoms with E-state index in [0.717, 1.165) is 25.7 Å². The van der Waals surface area contributed by atoms with Crippen molar-refractivity contribution in [3.63, 3.8) is 0 Å². The van der Waals surface area contributed by atoms with Crippen LogP contribution >= 0.6 is 0 Å². The van der Waals surface area contributed by atoms with Crippen LogP contribution in [0.4, 0.5) is 0 Å². The largest absolute Gasteiger partial charge is 0.338 e. The molecule has 0 aromatic carbocycles. The number of nitrogens with zero attached hydrogens (tertiary/aromatic N) is 1. The average Bonchev–Trinajstić information content (AvgIpc) is 2.76. The Morgan fingerprint density at radius 3 is 2.30 bits per heavy atom. The van der Waals surface area contributed by atoms with Crippen LogP contribution in [0.5, 0.6) is 0 Å². The molecule has 1 aliphatic carbocycles. The van der Waals surface area contributed by atoms with Gasteiger partial charge in [-0.3, -0.25) is 4.79 Å². The van der Waals surface area contributed by atoms with E-state index in [1.807, 2.05) is 4.90 Å². The van der Waals surface area contributed by atoms with Gasteiger partial charge >= 0.3 is 0 Å². The number of amides is 1. The predicted molar refractivity (Wildman–Crippen MR) is 80.2 cm³/mol. The second-order valence-electron chi connectivity index (χ2n) is 6.78. The van der Waals surface area contributed by atoms with Gasteiger partial charge in [-0.05, 0) is 25.2 Å². The van der Waals surface area contributed by atoms with Crippen molar-refractivity contribution in [3.05, 3.63) is 0 Å². The zero-order valence-electron chi connectivity index (χ0n) is 12.7. The molecule has 2 fully saturated rings. The van der Waals surface area contributed by atoms with Crippen LogP contribution in [0.2, 0.25) is 0 Å². The van der Waals surface area contributed by atoms with Crippen molar-refractivity contribution >= 4 is 15.7 Å². The van der Waals surface area contributed by atoms with Gasteiger partial charge < -0.3 is 4.90 Å². The third-order valence-corrected chi connectivity index (χ3v) is 6.20. The third kappa shape index (κ3) is 3.96. The van der Waals surface area contributed by atoms with Crippen LogP contribution in [0.15, 0.2) is 0 Å². The van der Waals surface area contributed by atoms with E-state index >= 15 is 0 Å². The molecule has 2 rings (SSSR count). The minimum absolute atomic E-state index is 0.0863. The highest BCUT2D eigenvalue weighted by atomic mass is 32.2. The summed E-state index contributed by atoms with van der Waals surface area (Å²) in [6, 6.07) is -0.0863. The number of carbonyl (C=O) groups is 1. The highest BCUT2D eigenvalue weighted by molar-refractivity contribution is 7.91. The molecule has 1 saturated heterocycles. The molecule has 116 valence electrons. The molecule has 5 heteroatoms. The van der Waals surface area contributed by atoms with Gasteiger partial charge in [0.25, 0.3) is 0 Å². The molecule has 0 N–H and O–H groups in total. The normalized spacial score (nSPS) is 26.9. The zero-order chi connectivity index (χ0) is 14.8. The highest BCUT2D eigenvalue weighted by Crippen LogP contribution is 2.28. The molecule has 0 aromatic rings. The van der Waals surface area contributed by atoms with Crippen molar-refractivity contribution in [3.8, 4) is 0 Å². The van der Waals surface area contributed by atoms with Crippen molar-refractivity contribution in [2.45, 2.75) is 58.4 Å². The van der Waals surface area contributed by atoms with Crippen molar-refractivity contribution in [2.24, 2.45) is 11.8 Å². The topological polar surface area (TPSA) is 54.5 Å². The fourth-order valence-electron chi connectivity index (χ4n) is 3.42. The number of rotatable bonds is 4. The molecule has 20 heavy (non-hydrogen) atoms. The standard InChI is InChI=1S/C15H27NO3S/c1-12(2)10-16(14-8-9-20(18,19)11-14)15(17)13-6-4-3-5-7-13/h12-14H,3-11H2,1-2H3/t14-/m0/s1. The predicted octanol–water partition coefficient (Wildman–Crippen LogP) is 2.24. The summed E-state index contributed by atoms with van der Waals surface area (Å²) in [4.78, 5) is 14.7. The van der Waals surface area contributed by atoms with E-state index in [4.69, 9.17) is 0 Å². The second kappa shape index (κ2) is 6.46. The molecule has 2 aliphatic rings. The first-order chi connectivity index (χ1) is 9.39. The van der Waals surface area contributed by atoms with Crippen molar-refractivity contribution in [1.29, 1.82) is 0 Å². The van der Waals surface area contributed by atoms with Gasteiger partial charge in [-0.2, -0.15) is 0 Å². The Balaban J connectivity index is 2.08. The molecule has 4 nitrogen and oxygen atoms in total. The summed E-state index contributed by atoms with van der Waals surface area (Å²) in [5.74, 6) is 1.12. The van der Waals surface area contributed by atoms with E-state index in [2.05, 4.69) is 13.8 Å². The first-order valence-corrected chi connectivity index (χ1v) is 9.72. The van der Waals surface area contributed by atoms with Crippen LogP contribution in [0.25, 0.3) is 0 Å². The Morgan fingerprint density at radius 2 is 1.80 bits per heavy atom. The van der Waals surface area contributed by atoms with E-state index in [-0.39, 0.29) is 29.4 Å². The summed E-state index contributed by atoms with van der Waals surface area (Å²) < 4.78 is 23.4. The van der Waals surface area contributed by atoms with Crippen LogP contribution in [0, 0.1) is 11.8 Å². The lowest BCUT2D eigenvalue weighted by molar-refractivity contribution is -0.139. The number of hydrogen-bond donors (Lipinski definition) is 0. The molecule has 1 saturated carbocycles. The van der Waals surface area contributed by atoms with E-state index in [1.54, 1.807) is 0 Å². The maximum absolute atomic E-state index is 12.8. The molecule has 0 radical (unpaired) electrons. The zero-order valence-corrected chi connectivity index (χ0v) is 13.5. The number of hydrogen-bond acceptors (Lipinski definition) is 3. The molecule has 1 aliphatic heterocycles. The number of carbonyl (C=O) groups excluding carboxylic acids is 1. The van der Waals surface area contributed by atoms with Gasteiger partial charge in [0, 0.05) is 18.5 Å². The average molecular weight is 301 g/mol. The van der Waals surface area contributed by atoms with Crippen molar-refractivity contribution in [2.75, 3.05) is 18.1 Å². The Bertz CT molecular complexity index is 438. The van der Waals surface area contributed by atoms with Gasteiger partial charge in [0.15, 0.2) is 9.84 Å². The minimum atomic E-state index is -2.93. The van der Waals surface area contributed by atoms with Gasteiger partial charge in [-0.15, -0.1) is 0 Å². The Labute approximate surface area is 122 Å². The SMILES string of the molecule is CC(C)CN(C(=O)C1CCCCC1)[C@H]1CCS(=O)(=O)C1. The Hall–Kier alpha value is -0.580. The maximum Gasteiger partial charge on any atom is 0.225 e. The summed E-state index contributed by atoms with van der Waals surface area (Å²) >= 11 is 0. The summed E-state index contributed by atoms with van der Waals surface area (Å²) in [5.41, 5.74) is 0. The molecule has 0 spiro atoms. The molecular weight excluding hydrogens is 274 g/mol. The monoisotopic (exact) mass is 301 g/mol. The van der Waals surface area contributed by atoms with Crippen LogP contribution in [-0.4, -0.2) is 43.3 Å². The van der Waals surface area contributed by atoms with E-state index in [1.165, 1.54) is 6.42 Å². The molecule has 1 heterocycles. The molecule has 1 atom stereocenters. The lowest BCUT2D eigenvalue weighted by Crippen LogP contribution is -2.46. The first kappa shape index (κ1) is 15.8. The van der Waals surface area contributed by atoms with Crippen LogP contribution in [0.3, 0.4) is 0 Å². The first-order valence-electron chi connectivity index (χ1n) is 7.90. The Morgan fingerprint density at radius 1 is 1.15 bits per heavy atom. The van der Waals surface area contributed by atoms with Crippen LogP contribution < -0.4 is 0 Å². The van der Waals surface area contributed by atoms with Gasteiger partial charge in [0.2, 0.25) is 5.91 Å². The smallest absolute Gasteiger partial charge is 0.225 e. The summed E-state index contributed by atoms with van der Waals surface area (Å²) in [6.07, 6.45) is 6.07. The highest BCUT2D eigenvalue weighted by Gasteiger charge is 2.37. The molecule has 1 amide bonds. The lowest BCUT2D eigenvalue weighted by atomic mass is 9.87. The fourth-order valence-corrected chi connectivity index (χ4v) is 5.15.